The average molecular weight is 602 g/mol. The number of aliphatic hydroxyl groups excluding tert-OH is 1. The van der Waals surface area contributed by atoms with Crippen molar-refractivity contribution in [2.75, 3.05) is 0 Å². The lowest BCUT2D eigenvalue weighted by atomic mass is 9.99. The number of ether oxygens (including phenoxy) is 1. The SMILES string of the molecule is CC(C)(C)OC(=O)N[C@@H](Cc1ccccc1)C(=O)N[C@@H](Cc1c[nH]cn1)C(=O)N[C@@H](Cc1ccccc1)[C@H](O)c1ncc[nH]1. The molecule has 0 fully saturated rings. The Balaban J connectivity index is 1.56. The molecule has 232 valence electrons. The number of aliphatic hydroxyl groups is 1. The van der Waals surface area contributed by atoms with Gasteiger partial charge in [-0.3, -0.25) is 9.59 Å². The van der Waals surface area contributed by atoms with Gasteiger partial charge in [0.05, 0.1) is 18.1 Å². The van der Waals surface area contributed by atoms with Gasteiger partial charge in [0.25, 0.3) is 0 Å². The number of nitrogens with zero attached hydrogens (tertiary/aromatic N) is 2. The summed E-state index contributed by atoms with van der Waals surface area (Å²) >= 11 is 0. The van der Waals surface area contributed by atoms with Gasteiger partial charge in [0.15, 0.2) is 0 Å². The van der Waals surface area contributed by atoms with Crippen molar-refractivity contribution in [3.8, 4) is 0 Å². The van der Waals surface area contributed by atoms with E-state index >= 15 is 0 Å². The van der Waals surface area contributed by atoms with E-state index in [2.05, 4.69) is 35.9 Å². The number of nitrogens with one attached hydrogen (secondary N) is 5. The third-order valence-corrected chi connectivity index (χ3v) is 6.70. The Labute approximate surface area is 256 Å². The van der Waals surface area contributed by atoms with E-state index in [9.17, 15) is 19.5 Å². The quantitative estimate of drug-likeness (QED) is 0.137. The molecule has 2 heterocycles. The highest BCUT2D eigenvalue weighted by molar-refractivity contribution is 5.91. The summed E-state index contributed by atoms with van der Waals surface area (Å²) in [4.78, 5) is 54.4. The van der Waals surface area contributed by atoms with E-state index in [-0.39, 0.29) is 12.8 Å². The molecule has 0 saturated heterocycles. The van der Waals surface area contributed by atoms with Crippen LogP contribution in [0.3, 0.4) is 0 Å². The van der Waals surface area contributed by atoms with Crippen molar-refractivity contribution in [3.63, 3.8) is 0 Å². The van der Waals surface area contributed by atoms with E-state index in [4.69, 9.17) is 4.74 Å². The summed E-state index contributed by atoms with van der Waals surface area (Å²) in [5.74, 6) is -0.825. The molecule has 0 bridgehead atoms. The fourth-order valence-corrected chi connectivity index (χ4v) is 4.62. The molecule has 6 N–H and O–H groups in total. The maximum atomic E-state index is 13.9. The number of alkyl carbamates (subject to hydrolysis) is 1. The van der Waals surface area contributed by atoms with Gasteiger partial charge in [-0.15, -0.1) is 0 Å². The second-order valence-electron chi connectivity index (χ2n) is 11.4. The normalized spacial score (nSPS) is 14.1. The number of benzene rings is 2. The van der Waals surface area contributed by atoms with Crippen LogP contribution in [0.15, 0.2) is 85.6 Å². The molecule has 44 heavy (non-hydrogen) atoms. The Bertz CT molecular complexity index is 1460. The fraction of sp³-hybridized carbons (Fsp3) is 0.344. The third-order valence-electron chi connectivity index (χ3n) is 6.70. The summed E-state index contributed by atoms with van der Waals surface area (Å²) in [7, 11) is 0. The highest BCUT2D eigenvalue weighted by atomic mass is 16.6. The van der Waals surface area contributed by atoms with Gasteiger partial charge in [0.1, 0.15) is 29.6 Å². The molecule has 0 saturated carbocycles. The van der Waals surface area contributed by atoms with Gasteiger partial charge in [-0.25, -0.2) is 14.8 Å². The molecule has 0 radical (unpaired) electrons. The van der Waals surface area contributed by atoms with Gasteiger partial charge in [-0.2, -0.15) is 0 Å². The van der Waals surface area contributed by atoms with Crippen LogP contribution in [0.25, 0.3) is 0 Å². The Morgan fingerprint density at radius 2 is 1.45 bits per heavy atom. The lowest BCUT2D eigenvalue weighted by molar-refractivity contribution is -0.130. The number of carbonyl (C=O) groups is 3. The molecular weight excluding hydrogens is 562 g/mol. The van der Waals surface area contributed by atoms with Crippen molar-refractivity contribution in [2.24, 2.45) is 0 Å². The minimum absolute atomic E-state index is 0.0560. The summed E-state index contributed by atoms with van der Waals surface area (Å²) in [6.07, 6.45) is 4.82. The summed E-state index contributed by atoms with van der Waals surface area (Å²) in [6, 6.07) is 15.7. The average Bonchev–Trinajstić information content (AvgIpc) is 3.71. The van der Waals surface area contributed by atoms with Crippen LogP contribution in [0.1, 0.15) is 49.5 Å². The number of aromatic nitrogens is 4. The van der Waals surface area contributed by atoms with Crippen LogP contribution in [0.2, 0.25) is 0 Å². The highest BCUT2D eigenvalue weighted by Crippen LogP contribution is 2.18. The monoisotopic (exact) mass is 601 g/mol. The van der Waals surface area contributed by atoms with E-state index in [1.54, 1.807) is 33.2 Å². The number of rotatable bonds is 13. The summed E-state index contributed by atoms with van der Waals surface area (Å²) in [6.45, 7) is 5.18. The minimum Gasteiger partial charge on any atom is -0.444 e. The van der Waals surface area contributed by atoms with Gasteiger partial charge in [0.2, 0.25) is 11.8 Å². The molecule has 0 aliphatic rings. The number of carbonyl (C=O) groups excluding carboxylic acids is 3. The van der Waals surface area contributed by atoms with Gasteiger partial charge in [-0.1, -0.05) is 60.7 Å². The van der Waals surface area contributed by atoms with Crippen LogP contribution in [0.5, 0.6) is 0 Å². The standard InChI is InChI=1S/C32H39N7O5/c1-32(2,3)44-31(43)39-25(17-22-12-8-5-9-13-22)29(41)38-26(18-23-19-33-20-36-23)30(42)37-24(16-21-10-6-4-7-11-21)27(40)28-34-14-15-35-28/h4-15,19-20,24-27,40H,16-18H2,1-3H3,(H,33,36)(H,34,35)(H,37,42)(H,38,41)(H,39,43)/t24-,25-,26-,27-/m0/s1. The number of H-pyrrole nitrogens is 2. The Morgan fingerprint density at radius 3 is 2.02 bits per heavy atom. The second-order valence-corrected chi connectivity index (χ2v) is 11.4. The molecule has 12 nitrogen and oxygen atoms in total. The van der Waals surface area contributed by atoms with Crippen molar-refractivity contribution >= 4 is 17.9 Å². The molecule has 3 amide bonds. The molecule has 2 aromatic heterocycles. The third kappa shape index (κ3) is 9.80. The predicted octanol–water partition coefficient (Wildman–Crippen LogP) is 2.76. The zero-order valence-electron chi connectivity index (χ0n) is 25.0. The van der Waals surface area contributed by atoms with Crippen LogP contribution in [0, 0.1) is 0 Å². The first-order chi connectivity index (χ1) is 21.1. The van der Waals surface area contributed by atoms with Gasteiger partial charge >= 0.3 is 6.09 Å². The molecule has 0 aliphatic carbocycles. The van der Waals surface area contributed by atoms with Crippen LogP contribution >= 0.6 is 0 Å². The predicted molar refractivity (Wildman–Crippen MR) is 163 cm³/mol. The molecular formula is C32H39N7O5. The maximum Gasteiger partial charge on any atom is 0.408 e. The van der Waals surface area contributed by atoms with Crippen molar-refractivity contribution in [1.29, 1.82) is 0 Å². The zero-order valence-corrected chi connectivity index (χ0v) is 25.0. The molecule has 2 aromatic carbocycles. The second kappa shape index (κ2) is 15.0. The smallest absolute Gasteiger partial charge is 0.408 e. The number of imidazole rings is 2. The van der Waals surface area contributed by atoms with Gasteiger partial charge in [-0.05, 0) is 38.3 Å². The van der Waals surface area contributed by atoms with Crippen LogP contribution < -0.4 is 16.0 Å². The minimum atomic E-state index is -1.16. The van der Waals surface area contributed by atoms with Gasteiger partial charge < -0.3 is 35.8 Å². The highest BCUT2D eigenvalue weighted by Gasteiger charge is 2.32. The maximum absolute atomic E-state index is 13.9. The first-order valence-corrected chi connectivity index (χ1v) is 14.4. The fourth-order valence-electron chi connectivity index (χ4n) is 4.62. The van der Waals surface area contributed by atoms with Crippen molar-refractivity contribution in [1.82, 2.24) is 35.9 Å². The first kappa shape index (κ1) is 32.0. The summed E-state index contributed by atoms with van der Waals surface area (Å²) < 4.78 is 5.40. The summed E-state index contributed by atoms with van der Waals surface area (Å²) in [5.41, 5.74) is 1.46. The molecule has 4 atom stereocenters. The Kier molecular flexibility index (Phi) is 10.9. The largest absolute Gasteiger partial charge is 0.444 e. The van der Waals surface area contributed by atoms with Crippen molar-refractivity contribution in [3.05, 3.63) is 108 Å². The van der Waals surface area contributed by atoms with Crippen LogP contribution in [-0.4, -0.2) is 66.7 Å². The number of amides is 3. The number of hydrogen-bond acceptors (Lipinski definition) is 7. The topological polar surface area (TPSA) is 174 Å². The van der Waals surface area contributed by atoms with Crippen LogP contribution in [-0.2, 0) is 33.6 Å². The van der Waals surface area contributed by atoms with Gasteiger partial charge in [0, 0.05) is 31.4 Å². The molecule has 12 heteroatoms. The molecule has 4 aromatic rings. The Hall–Kier alpha value is -4.97. The number of hydrogen-bond donors (Lipinski definition) is 6. The summed E-state index contributed by atoms with van der Waals surface area (Å²) in [5, 5.41) is 19.6. The Morgan fingerprint density at radius 1 is 0.841 bits per heavy atom. The van der Waals surface area contributed by atoms with E-state index in [1.807, 2.05) is 60.7 Å². The molecule has 0 unspecified atom stereocenters. The van der Waals surface area contributed by atoms with Crippen molar-refractivity contribution in [2.45, 2.75) is 69.9 Å². The van der Waals surface area contributed by atoms with Crippen molar-refractivity contribution < 1.29 is 24.2 Å². The number of aromatic amines is 2. The lowest BCUT2D eigenvalue weighted by Gasteiger charge is -2.28. The first-order valence-electron chi connectivity index (χ1n) is 14.4. The molecule has 0 spiro atoms. The van der Waals surface area contributed by atoms with E-state index in [0.717, 1.165) is 11.1 Å². The van der Waals surface area contributed by atoms with E-state index < -0.39 is 47.7 Å². The van der Waals surface area contributed by atoms with E-state index in [0.29, 0.717) is 17.9 Å². The molecule has 0 aliphatic heterocycles. The molecule has 4 rings (SSSR count). The van der Waals surface area contributed by atoms with Crippen LogP contribution in [0.4, 0.5) is 4.79 Å². The van der Waals surface area contributed by atoms with E-state index in [1.165, 1.54) is 12.5 Å². The zero-order chi connectivity index (χ0) is 31.5. The lowest BCUT2D eigenvalue weighted by Crippen LogP contribution is -2.57.